The highest BCUT2D eigenvalue weighted by Crippen LogP contribution is 2.17. The first-order valence-corrected chi connectivity index (χ1v) is 7.21. The number of nitrogens with zero attached hydrogens (tertiary/aromatic N) is 1. The van der Waals surface area contributed by atoms with Gasteiger partial charge in [0.1, 0.15) is 5.75 Å². The van der Waals surface area contributed by atoms with Crippen LogP contribution in [0.25, 0.3) is 0 Å². The molecule has 2 aromatic rings. The van der Waals surface area contributed by atoms with Gasteiger partial charge in [0.2, 0.25) is 5.78 Å². The molecule has 0 radical (unpaired) electrons. The van der Waals surface area contributed by atoms with Gasteiger partial charge in [0.25, 0.3) is 0 Å². The number of esters is 1. The molecule has 7 heteroatoms. The number of ether oxygens (including phenoxy) is 2. The van der Waals surface area contributed by atoms with Crippen molar-refractivity contribution in [2.24, 2.45) is 0 Å². The summed E-state index contributed by atoms with van der Waals surface area (Å²) < 4.78 is 33.5. The Morgan fingerprint density at radius 1 is 1.08 bits per heavy atom. The lowest BCUT2D eigenvalue weighted by atomic mass is 10.1. The molecule has 0 fully saturated rings. The zero-order valence-electron chi connectivity index (χ0n) is 13.1. The molecule has 25 heavy (non-hydrogen) atoms. The first-order valence-electron chi connectivity index (χ1n) is 7.21. The average Bonchev–Trinajstić information content (AvgIpc) is 2.61. The summed E-state index contributed by atoms with van der Waals surface area (Å²) >= 11 is 0. The number of halogens is 2. The van der Waals surface area contributed by atoms with Crippen molar-refractivity contribution in [1.29, 1.82) is 5.26 Å². The van der Waals surface area contributed by atoms with Crippen molar-refractivity contribution < 1.29 is 27.8 Å². The van der Waals surface area contributed by atoms with Crippen LogP contribution in [0.15, 0.2) is 48.5 Å². The Kier molecular flexibility index (Phi) is 5.79. The zero-order chi connectivity index (χ0) is 18.4. The standard InChI is InChI=1S/C18H13F2NO4/c1-11(24-17(23)14-4-2-3-12(9-14)10-21)16(22)13-5-7-15(8-6-13)25-18(19)20/h2-9,11,18H,1H3/t11-/m1/s1. The molecule has 0 aliphatic heterocycles. The highest BCUT2D eigenvalue weighted by atomic mass is 19.3. The number of carbonyl (C=O) groups excluding carboxylic acids is 2. The van der Waals surface area contributed by atoms with Crippen LogP contribution in [0.3, 0.4) is 0 Å². The number of carbonyl (C=O) groups is 2. The maximum Gasteiger partial charge on any atom is 0.387 e. The second-order valence-electron chi connectivity index (χ2n) is 5.01. The normalized spacial score (nSPS) is 11.5. The molecule has 0 aliphatic carbocycles. The van der Waals surface area contributed by atoms with E-state index in [9.17, 15) is 18.4 Å². The van der Waals surface area contributed by atoms with Gasteiger partial charge in [-0.3, -0.25) is 4.79 Å². The average molecular weight is 345 g/mol. The maximum atomic E-state index is 12.2. The van der Waals surface area contributed by atoms with Crippen LogP contribution in [-0.2, 0) is 4.74 Å². The first-order chi connectivity index (χ1) is 11.9. The molecule has 1 atom stereocenters. The van der Waals surface area contributed by atoms with Crippen molar-refractivity contribution in [1.82, 2.24) is 0 Å². The van der Waals surface area contributed by atoms with E-state index in [1.807, 2.05) is 6.07 Å². The first kappa shape index (κ1) is 18.1. The van der Waals surface area contributed by atoms with Gasteiger partial charge in [-0.15, -0.1) is 0 Å². The van der Waals surface area contributed by atoms with Crippen molar-refractivity contribution in [3.8, 4) is 11.8 Å². The predicted octanol–water partition coefficient (Wildman–Crippen LogP) is 3.59. The number of ketones is 1. The molecule has 0 amide bonds. The molecule has 0 heterocycles. The van der Waals surface area contributed by atoms with Crippen molar-refractivity contribution in [3.63, 3.8) is 0 Å². The Labute approximate surface area is 142 Å². The number of nitriles is 1. The van der Waals surface area contributed by atoms with E-state index in [-0.39, 0.29) is 16.9 Å². The fraction of sp³-hybridized carbons (Fsp3) is 0.167. The largest absolute Gasteiger partial charge is 0.451 e. The maximum absolute atomic E-state index is 12.2. The third-order valence-corrected chi connectivity index (χ3v) is 3.24. The summed E-state index contributed by atoms with van der Waals surface area (Å²) in [6, 6.07) is 12.9. The second kappa shape index (κ2) is 8.02. The summed E-state index contributed by atoms with van der Waals surface area (Å²) in [4.78, 5) is 24.3. The molecule has 0 aromatic heterocycles. The lowest BCUT2D eigenvalue weighted by molar-refractivity contribution is -0.0498. The molecule has 0 N–H and O–H groups in total. The molecular formula is C18H13F2NO4. The van der Waals surface area contributed by atoms with Crippen LogP contribution in [0.1, 0.15) is 33.2 Å². The Hall–Kier alpha value is -3.27. The van der Waals surface area contributed by atoms with E-state index in [1.54, 1.807) is 0 Å². The van der Waals surface area contributed by atoms with E-state index in [0.29, 0.717) is 5.56 Å². The summed E-state index contributed by atoms with van der Waals surface area (Å²) in [5.74, 6) is -1.31. The summed E-state index contributed by atoms with van der Waals surface area (Å²) in [5.41, 5.74) is 0.634. The van der Waals surface area contributed by atoms with E-state index in [0.717, 1.165) is 0 Å². The summed E-state index contributed by atoms with van der Waals surface area (Å²) in [6.45, 7) is -1.55. The smallest absolute Gasteiger partial charge is 0.387 e. The van der Waals surface area contributed by atoms with E-state index >= 15 is 0 Å². The minimum Gasteiger partial charge on any atom is -0.451 e. The minimum absolute atomic E-state index is 0.0792. The second-order valence-corrected chi connectivity index (χ2v) is 5.01. The predicted molar refractivity (Wildman–Crippen MR) is 83.4 cm³/mol. The van der Waals surface area contributed by atoms with E-state index in [1.165, 1.54) is 55.5 Å². The van der Waals surface area contributed by atoms with Crippen molar-refractivity contribution >= 4 is 11.8 Å². The Bertz CT molecular complexity index is 813. The van der Waals surface area contributed by atoms with Crippen LogP contribution in [-0.4, -0.2) is 24.5 Å². The number of benzene rings is 2. The third-order valence-electron chi connectivity index (χ3n) is 3.24. The zero-order valence-corrected chi connectivity index (χ0v) is 13.1. The van der Waals surface area contributed by atoms with Crippen molar-refractivity contribution in [3.05, 3.63) is 65.2 Å². The molecule has 0 spiro atoms. The lowest BCUT2D eigenvalue weighted by Gasteiger charge is -2.13. The van der Waals surface area contributed by atoms with Gasteiger partial charge in [-0.1, -0.05) is 6.07 Å². The Morgan fingerprint density at radius 3 is 2.36 bits per heavy atom. The number of Topliss-reactive ketones (excluding diaryl/α,β-unsaturated/α-hetero) is 1. The molecule has 128 valence electrons. The number of hydrogen-bond acceptors (Lipinski definition) is 5. The van der Waals surface area contributed by atoms with Crippen molar-refractivity contribution in [2.45, 2.75) is 19.6 Å². The number of hydrogen-bond donors (Lipinski definition) is 0. The van der Waals surface area contributed by atoms with Gasteiger partial charge in [0, 0.05) is 5.56 Å². The van der Waals surface area contributed by atoms with Gasteiger partial charge >= 0.3 is 12.6 Å². The Balaban J connectivity index is 2.04. The summed E-state index contributed by atoms with van der Waals surface area (Å²) in [7, 11) is 0. The van der Waals surface area contributed by atoms with Gasteiger partial charge in [-0.25, -0.2) is 4.79 Å². The molecule has 2 aromatic carbocycles. The van der Waals surface area contributed by atoms with Crippen molar-refractivity contribution in [2.75, 3.05) is 0 Å². The van der Waals surface area contributed by atoms with Gasteiger partial charge in [0.05, 0.1) is 17.2 Å². The van der Waals surface area contributed by atoms with Crippen LogP contribution in [0, 0.1) is 11.3 Å². The van der Waals surface area contributed by atoms with Gasteiger partial charge < -0.3 is 9.47 Å². The Morgan fingerprint density at radius 2 is 1.76 bits per heavy atom. The monoisotopic (exact) mass is 345 g/mol. The van der Waals surface area contributed by atoms with Crippen LogP contribution in [0.5, 0.6) is 5.75 Å². The van der Waals surface area contributed by atoms with E-state index in [2.05, 4.69) is 4.74 Å². The topological polar surface area (TPSA) is 76.4 Å². The minimum atomic E-state index is -2.95. The number of alkyl halides is 2. The molecule has 2 rings (SSSR count). The van der Waals surface area contributed by atoms with Gasteiger partial charge in [-0.05, 0) is 49.4 Å². The van der Waals surface area contributed by atoms with Crippen LogP contribution < -0.4 is 4.74 Å². The van der Waals surface area contributed by atoms with Crippen LogP contribution in [0.4, 0.5) is 8.78 Å². The fourth-order valence-electron chi connectivity index (χ4n) is 2.03. The van der Waals surface area contributed by atoms with Gasteiger partial charge in [-0.2, -0.15) is 14.0 Å². The van der Waals surface area contributed by atoms with Crippen LogP contribution in [0.2, 0.25) is 0 Å². The highest BCUT2D eigenvalue weighted by molar-refractivity contribution is 6.01. The van der Waals surface area contributed by atoms with Gasteiger partial charge in [0.15, 0.2) is 6.10 Å². The molecule has 0 saturated carbocycles. The van der Waals surface area contributed by atoms with E-state index < -0.39 is 24.5 Å². The number of rotatable bonds is 6. The molecule has 0 unspecified atom stereocenters. The highest BCUT2D eigenvalue weighted by Gasteiger charge is 2.21. The summed E-state index contributed by atoms with van der Waals surface area (Å²) in [6.07, 6.45) is -1.08. The molecule has 0 saturated heterocycles. The lowest BCUT2D eigenvalue weighted by Crippen LogP contribution is -2.24. The quantitative estimate of drug-likeness (QED) is 0.591. The summed E-state index contributed by atoms with van der Waals surface area (Å²) in [5, 5.41) is 8.83. The van der Waals surface area contributed by atoms with E-state index in [4.69, 9.17) is 10.00 Å². The SMILES string of the molecule is C[C@@H](OC(=O)c1cccc(C#N)c1)C(=O)c1ccc(OC(F)F)cc1. The third kappa shape index (κ3) is 4.85. The molecule has 0 bridgehead atoms. The fourth-order valence-corrected chi connectivity index (χ4v) is 2.03. The van der Waals surface area contributed by atoms with Crippen LogP contribution >= 0.6 is 0 Å². The molecular weight excluding hydrogens is 332 g/mol. The molecule has 0 aliphatic rings. The molecule has 5 nitrogen and oxygen atoms in total.